The molecule has 1 aromatic carbocycles. The van der Waals surface area contributed by atoms with E-state index in [4.69, 9.17) is 11.6 Å². The number of rotatable bonds is 3. The molecule has 0 radical (unpaired) electrons. The molecule has 1 N–H and O–H groups in total. The van der Waals surface area contributed by atoms with Gasteiger partial charge in [-0.15, -0.1) is 0 Å². The Labute approximate surface area is 114 Å². The lowest BCUT2D eigenvalue weighted by Gasteiger charge is -2.30. The molecule has 0 heterocycles. The van der Waals surface area contributed by atoms with Crippen molar-refractivity contribution in [1.29, 1.82) is 5.26 Å². The van der Waals surface area contributed by atoms with Gasteiger partial charge in [-0.1, -0.05) is 42.6 Å². The predicted molar refractivity (Wildman–Crippen MR) is 74.4 cm³/mol. The summed E-state index contributed by atoms with van der Waals surface area (Å²) in [5, 5.41) is 13.5. The Morgan fingerprint density at radius 2 is 2.06 bits per heavy atom. The van der Waals surface area contributed by atoms with Crippen LogP contribution in [0.3, 0.4) is 0 Å². The molecule has 0 aliphatic heterocycles. The van der Waals surface area contributed by atoms with E-state index in [-0.39, 0.29) is 12.0 Å². The highest BCUT2D eigenvalue weighted by Crippen LogP contribution is 2.28. The van der Waals surface area contributed by atoms with Crippen molar-refractivity contribution in [3.05, 3.63) is 34.9 Å². The van der Waals surface area contributed by atoms with Crippen LogP contribution in [-0.4, -0.2) is 6.04 Å². The van der Waals surface area contributed by atoms with E-state index in [1.54, 1.807) is 0 Å². The lowest BCUT2D eigenvalue weighted by molar-refractivity contribution is 0.292. The molecule has 0 spiro atoms. The lowest BCUT2D eigenvalue weighted by atomic mass is 9.85. The van der Waals surface area contributed by atoms with Crippen molar-refractivity contribution in [2.45, 2.75) is 44.7 Å². The summed E-state index contributed by atoms with van der Waals surface area (Å²) in [6, 6.07) is 10.8. The lowest BCUT2D eigenvalue weighted by Crippen LogP contribution is -2.39. The number of nitrogens with one attached hydrogen (secondary N) is 1. The summed E-state index contributed by atoms with van der Waals surface area (Å²) in [6.45, 7) is 2.12. The van der Waals surface area contributed by atoms with Gasteiger partial charge in [-0.05, 0) is 31.4 Å². The van der Waals surface area contributed by atoms with Gasteiger partial charge in [-0.3, -0.25) is 0 Å². The fourth-order valence-corrected chi connectivity index (χ4v) is 3.02. The largest absolute Gasteiger partial charge is 0.306 e. The number of nitrogens with zero attached hydrogens (tertiary/aromatic N) is 1. The van der Waals surface area contributed by atoms with E-state index >= 15 is 0 Å². The van der Waals surface area contributed by atoms with Crippen LogP contribution >= 0.6 is 11.6 Å². The second-order valence-electron chi connectivity index (χ2n) is 5.04. The molecule has 2 rings (SSSR count). The molecule has 0 amide bonds. The molecule has 0 aromatic heterocycles. The molecule has 1 aliphatic rings. The second kappa shape index (κ2) is 6.22. The maximum Gasteiger partial charge on any atom is 0.0672 e. The number of nitriles is 1. The average Bonchev–Trinajstić information content (AvgIpc) is 2.39. The molecule has 1 saturated carbocycles. The van der Waals surface area contributed by atoms with Gasteiger partial charge in [0, 0.05) is 17.1 Å². The molecule has 2 unspecified atom stereocenters. The predicted octanol–water partition coefficient (Wildman–Crippen LogP) is 4.07. The van der Waals surface area contributed by atoms with Crippen molar-refractivity contribution in [3.8, 4) is 6.07 Å². The maximum atomic E-state index is 9.18. The maximum absolute atomic E-state index is 9.18. The zero-order valence-corrected chi connectivity index (χ0v) is 11.5. The van der Waals surface area contributed by atoms with E-state index in [9.17, 15) is 5.26 Å². The molecule has 1 fully saturated rings. The highest BCUT2D eigenvalue weighted by Gasteiger charge is 2.26. The quantitative estimate of drug-likeness (QED) is 0.891. The minimum Gasteiger partial charge on any atom is -0.306 e. The first-order valence-corrected chi connectivity index (χ1v) is 7.00. The zero-order valence-electron chi connectivity index (χ0n) is 10.7. The van der Waals surface area contributed by atoms with Crippen LogP contribution in [0.15, 0.2) is 24.3 Å². The summed E-state index contributed by atoms with van der Waals surface area (Å²) in [5.41, 5.74) is 1.11. The Kier molecular flexibility index (Phi) is 4.63. The minimum atomic E-state index is 0.142. The third-order valence-electron chi connectivity index (χ3n) is 3.77. The van der Waals surface area contributed by atoms with Gasteiger partial charge in [0.05, 0.1) is 12.0 Å². The summed E-state index contributed by atoms with van der Waals surface area (Å²) in [7, 11) is 0. The molecule has 3 heteroatoms. The molecular weight excluding hydrogens is 244 g/mol. The zero-order chi connectivity index (χ0) is 13.0. The van der Waals surface area contributed by atoms with E-state index < -0.39 is 0 Å². The third kappa shape index (κ3) is 3.04. The Bertz CT molecular complexity index is 438. The molecule has 96 valence electrons. The second-order valence-corrected chi connectivity index (χ2v) is 5.44. The van der Waals surface area contributed by atoms with Crippen LogP contribution in [0.25, 0.3) is 0 Å². The van der Waals surface area contributed by atoms with Crippen LogP contribution in [0, 0.1) is 17.2 Å². The summed E-state index contributed by atoms with van der Waals surface area (Å²) >= 11 is 6.20. The van der Waals surface area contributed by atoms with Crippen LogP contribution in [0.1, 0.15) is 44.2 Å². The molecule has 2 nitrogen and oxygen atoms in total. The van der Waals surface area contributed by atoms with Crippen molar-refractivity contribution in [2.24, 2.45) is 5.92 Å². The summed E-state index contributed by atoms with van der Waals surface area (Å²) < 4.78 is 0. The van der Waals surface area contributed by atoms with Gasteiger partial charge in [0.15, 0.2) is 0 Å². The van der Waals surface area contributed by atoms with Crippen LogP contribution in [0.5, 0.6) is 0 Å². The molecule has 0 bridgehead atoms. The van der Waals surface area contributed by atoms with E-state index in [2.05, 4.69) is 18.3 Å². The third-order valence-corrected chi connectivity index (χ3v) is 4.11. The molecular formula is C15H19ClN2. The highest BCUT2D eigenvalue weighted by atomic mass is 35.5. The Balaban J connectivity index is 2.05. The number of halogens is 1. The first kappa shape index (κ1) is 13.4. The fourth-order valence-electron chi connectivity index (χ4n) is 2.72. The Hall–Kier alpha value is -1.04. The van der Waals surface area contributed by atoms with Crippen molar-refractivity contribution in [1.82, 2.24) is 5.32 Å². The average molecular weight is 263 g/mol. The summed E-state index contributed by atoms with van der Waals surface area (Å²) in [4.78, 5) is 0. The van der Waals surface area contributed by atoms with Crippen LogP contribution in [-0.2, 0) is 0 Å². The molecule has 0 saturated heterocycles. The van der Waals surface area contributed by atoms with Gasteiger partial charge in [0.25, 0.3) is 0 Å². The van der Waals surface area contributed by atoms with Crippen LogP contribution in [0.2, 0.25) is 5.02 Å². The van der Waals surface area contributed by atoms with Gasteiger partial charge in [-0.25, -0.2) is 0 Å². The van der Waals surface area contributed by atoms with Gasteiger partial charge in [0.2, 0.25) is 0 Å². The van der Waals surface area contributed by atoms with Gasteiger partial charge in [0.1, 0.15) is 0 Å². The van der Waals surface area contributed by atoms with Crippen LogP contribution < -0.4 is 5.32 Å². The van der Waals surface area contributed by atoms with Crippen molar-refractivity contribution < 1.29 is 0 Å². The molecule has 1 aliphatic carbocycles. The SMILES string of the molecule is C[C@@H](NC1CCCCC1C#N)c1ccccc1Cl. The van der Waals surface area contributed by atoms with Crippen LogP contribution in [0.4, 0.5) is 0 Å². The smallest absolute Gasteiger partial charge is 0.0672 e. The van der Waals surface area contributed by atoms with Gasteiger partial charge >= 0.3 is 0 Å². The number of hydrogen-bond donors (Lipinski definition) is 1. The molecule has 1 aromatic rings. The van der Waals surface area contributed by atoms with Crippen molar-refractivity contribution >= 4 is 11.6 Å². The topological polar surface area (TPSA) is 35.8 Å². The molecule has 18 heavy (non-hydrogen) atoms. The normalized spacial score (nSPS) is 25.4. The van der Waals surface area contributed by atoms with Gasteiger partial charge < -0.3 is 5.32 Å². The Morgan fingerprint density at radius 3 is 2.78 bits per heavy atom. The number of hydrogen-bond acceptors (Lipinski definition) is 2. The fraction of sp³-hybridized carbons (Fsp3) is 0.533. The standard InChI is InChI=1S/C15H19ClN2/c1-11(13-7-3-4-8-14(13)16)18-15-9-5-2-6-12(15)10-17/h3-4,7-8,11-12,15,18H,2,5-6,9H2,1H3/t11-,12?,15?/m1/s1. The first-order chi connectivity index (χ1) is 8.72. The van der Waals surface area contributed by atoms with E-state index in [1.807, 2.05) is 24.3 Å². The monoisotopic (exact) mass is 262 g/mol. The van der Waals surface area contributed by atoms with E-state index in [0.29, 0.717) is 6.04 Å². The highest BCUT2D eigenvalue weighted by molar-refractivity contribution is 6.31. The van der Waals surface area contributed by atoms with Crippen molar-refractivity contribution in [2.75, 3.05) is 0 Å². The minimum absolute atomic E-state index is 0.142. The summed E-state index contributed by atoms with van der Waals surface area (Å²) in [6.07, 6.45) is 4.50. The number of benzene rings is 1. The summed E-state index contributed by atoms with van der Waals surface area (Å²) in [5.74, 6) is 0.142. The Morgan fingerprint density at radius 1 is 1.33 bits per heavy atom. The van der Waals surface area contributed by atoms with E-state index in [1.165, 1.54) is 12.8 Å². The van der Waals surface area contributed by atoms with Gasteiger partial charge in [-0.2, -0.15) is 5.26 Å². The first-order valence-electron chi connectivity index (χ1n) is 6.62. The van der Waals surface area contributed by atoms with E-state index in [0.717, 1.165) is 23.4 Å². The van der Waals surface area contributed by atoms with Crippen molar-refractivity contribution in [3.63, 3.8) is 0 Å². The molecule has 3 atom stereocenters.